The van der Waals surface area contributed by atoms with Crippen molar-refractivity contribution in [2.24, 2.45) is 5.73 Å². The summed E-state index contributed by atoms with van der Waals surface area (Å²) in [7, 11) is 1.64. The third kappa shape index (κ3) is 4.44. The molecule has 4 heteroatoms. The molecule has 0 unspecified atom stereocenters. The van der Waals surface area contributed by atoms with E-state index in [1.807, 2.05) is 42.5 Å². The number of thioether (sulfide) groups is 1. The van der Waals surface area contributed by atoms with Gasteiger partial charge < -0.3 is 10.5 Å². The number of hydrogen-bond acceptors (Lipinski definition) is 3. The van der Waals surface area contributed by atoms with Gasteiger partial charge >= 0.3 is 0 Å². The Morgan fingerprint density at radius 1 is 1.24 bits per heavy atom. The lowest BCUT2D eigenvalue weighted by Gasteiger charge is -2.07. The number of ether oxygens (including phenoxy) is 1. The van der Waals surface area contributed by atoms with Crippen LogP contribution in [0.1, 0.15) is 11.1 Å². The maximum Gasteiger partial charge on any atom is 0.134 e. The van der Waals surface area contributed by atoms with Crippen LogP contribution in [0.5, 0.6) is 5.75 Å². The summed E-state index contributed by atoms with van der Waals surface area (Å²) in [6, 6.07) is 13.8. The van der Waals surface area contributed by atoms with Crippen LogP contribution in [0.15, 0.2) is 47.4 Å². The first-order valence-corrected chi connectivity index (χ1v) is 7.84. The van der Waals surface area contributed by atoms with E-state index in [9.17, 15) is 0 Å². The summed E-state index contributed by atoms with van der Waals surface area (Å²) >= 11 is 7.86. The number of benzene rings is 2. The molecule has 108 valence electrons. The van der Waals surface area contributed by atoms with Crippen molar-refractivity contribution in [1.29, 1.82) is 0 Å². The van der Waals surface area contributed by atoms with Crippen molar-refractivity contribution in [2.45, 2.75) is 10.6 Å². The van der Waals surface area contributed by atoms with Crippen molar-refractivity contribution in [2.75, 3.05) is 13.7 Å². The minimum atomic E-state index is 0.335. The number of hydrogen-bond donors (Lipinski definition) is 1. The van der Waals surface area contributed by atoms with Crippen LogP contribution >= 0.6 is 23.4 Å². The Balaban J connectivity index is 2.15. The summed E-state index contributed by atoms with van der Waals surface area (Å²) in [5, 5.41) is 0.777. The lowest BCUT2D eigenvalue weighted by molar-refractivity contribution is 0.413. The van der Waals surface area contributed by atoms with Crippen LogP contribution in [0.25, 0.3) is 0 Å². The van der Waals surface area contributed by atoms with Crippen molar-refractivity contribution in [3.63, 3.8) is 0 Å². The minimum absolute atomic E-state index is 0.335. The Bertz CT molecular complexity index is 676. The summed E-state index contributed by atoms with van der Waals surface area (Å²) in [6.45, 7) is 0.335. The molecule has 21 heavy (non-hydrogen) atoms. The van der Waals surface area contributed by atoms with Gasteiger partial charge in [0.15, 0.2) is 0 Å². The third-order valence-electron chi connectivity index (χ3n) is 2.82. The first-order valence-electron chi connectivity index (χ1n) is 6.47. The number of nitrogens with two attached hydrogens (primary N) is 1. The van der Waals surface area contributed by atoms with Crippen molar-refractivity contribution in [1.82, 2.24) is 0 Å². The second-order valence-corrected chi connectivity index (χ2v) is 5.68. The van der Waals surface area contributed by atoms with Gasteiger partial charge in [-0.25, -0.2) is 0 Å². The normalized spacial score (nSPS) is 9.86. The van der Waals surface area contributed by atoms with Gasteiger partial charge in [-0.1, -0.05) is 41.6 Å². The molecule has 0 fully saturated rings. The minimum Gasteiger partial charge on any atom is -0.495 e. The molecule has 0 saturated heterocycles. The lowest BCUT2D eigenvalue weighted by atomic mass is 10.1. The summed E-state index contributed by atoms with van der Waals surface area (Å²) in [4.78, 5) is 1.07. The molecule has 2 rings (SSSR count). The highest BCUT2D eigenvalue weighted by Gasteiger charge is 2.04. The monoisotopic (exact) mass is 317 g/mol. The van der Waals surface area contributed by atoms with E-state index in [4.69, 9.17) is 22.1 Å². The predicted molar refractivity (Wildman–Crippen MR) is 89.9 cm³/mol. The summed E-state index contributed by atoms with van der Waals surface area (Å²) in [5.41, 5.74) is 7.45. The van der Waals surface area contributed by atoms with Gasteiger partial charge in [0, 0.05) is 10.6 Å². The Morgan fingerprint density at radius 3 is 2.76 bits per heavy atom. The molecule has 0 atom stereocenters. The van der Waals surface area contributed by atoms with E-state index < -0.39 is 0 Å². The van der Waals surface area contributed by atoms with Crippen LogP contribution in [-0.2, 0) is 5.75 Å². The molecular weight excluding hydrogens is 302 g/mol. The van der Waals surface area contributed by atoms with E-state index in [1.165, 1.54) is 5.56 Å². The van der Waals surface area contributed by atoms with Gasteiger partial charge in [-0.15, -0.1) is 11.8 Å². The zero-order chi connectivity index (χ0) is 15.1. The van der Waals surface area contributed by atoms with E-state index >= 15 is 0 Å². The second-order valence-electron chi connectivity index (χ2n) is 4.26. The maximum atomic E-state index is 6.16. The highest BCUT2D eigenvalue weighted by molar-refractivity contribution is 7.98. The zero-order valence-corrected chi connectivity index (χ0v) is 13.3. The fourth-order valence-corrected chi connectivity index (χ4v) is 2.99. The van der Waals surface area contributed by atoms with E-state index in [2.05, 4.69) is 11.8 Å². The van der Waals surface area contributed by atoms with Gasteiger partial charge in [0.25, 0.3) is 0 Å². The maximum absolute atomic E-state index is 6.16. The highest BCUT2D eigenvalue weighted by atomic mass is 35.5. The zero-order valence-electron chi connectivity index (χ0n) is 11.7. The lowest BCUT2D eigenvalue weighted by Crippen LogP contribution is -1.94. The second kappa shape index (κ2) is 7.99. The standard InChI is InChI=1S/C17H16ClNOS/c1-20-16-9-8-13(11-14(16)5-4-10-19)12-21-17-7-3-2-6-15(17)18/h2-3,6-9,11H,10,12,19H2,1H3. The molecule has 0 aromatic heterocycles. The molecule has 0 aliphatic rings. The molecule has 0 bridgehead atoms. The topological polar surface area (TPSA) is 35.2 Å². The average molecular weight is 318 g/mol. The van der Waals surface area contributed by atoms with E-state index in [-0.39, 0.29) is 0 Å². The van der Waals surface area contributed by atoms with Gasteiger partial charge in [-0.2, -0.15) is 0 Å². The molecule has 0 aliphatic carbocycles. The number of methoxy groups -OCH3 is 1. The number of rotatable bonds is 4. The Hall–Kier alpha value is -1.60. The number of halogens is 1. The molecule has 2 N–H and O–H groups in total. The van der Waals surface area contributed by atoms with Gasteiger partial charge in [-0.3, -0.25) is 0 Å². The van der Waals surface area contributed by atoms with Gasteiger partial charge in [0.05, 0.1) is 24.2 Å². The third-order valence-corrected chi connectivity index (χ3v) is 4.41. The van der Waals surface area contributed by atoms with Crippen LogP contribution < -0.4 is 10.5 Å². The SMILES string of the molecule is COc1ccc(CSc2ccccc2Cl)cc1C#CCN. The predicted octanol–water partition coefficient (Wildman–Crippen LogP) is 3.95. The molecule has 0 amide bonds. The van der Waals surface area contributed by atoms with Gasteiger partial charge in [0.1, 0.15) is 5.75 Å². The molecule has 0 saturated carbocycles. The van der Waals surface area contributed by atoms with Crippen molar-refractivity contribution in [3.8, 4) is 17.6 Å². The molecule has 2 aromatic rings. The Labute approximate surface area is 134 Å². The van der Waals surface area contributed by atoms with Crippen LogP contribution in [0.4, 0.5) is 0 Å². The molecule has 0 aliphatic heterocycles. The van der Waals surface area contributed by atoms with Crippen LogP contribution in [0.3, 0.4) is 0 Å². The van der Waals surface area contributed by atoms with Gasteiger partial charge in [-0.05, 0) is 29.8 Å². The quantitative estimate of drug-likeness (QED) is 0.685. The van der Waals surface area contributed by atoms with E-state index in [0.29, 0.717) is 6.54 Å². The van der Waals surface area contributed by atoms with E-state index in [0.717, 1.165) is 27.0 Å². The Morgan fingerprint density at radius 2 is 2.05 bits per heavy atom. The van der Waals surface area contributed by atoms with E-state index in [1.54, 1.807) is 18.9 Å². The molecule has 0 spiro atoms. The van der Waals surface area contributed by atoms with Crippen molar-refractivity contribution < 1.29 is 4.74 Å². The molecule has 0 heterocycles. The molecule has 2 nitrogen and oxygen atoms in total. The molecular formula is C17H16ClNOS. The van der Waals surface area contributed by atoms with Crippen molar-refractivity contribution in [3.05, 3.63) is 58.6 Å². The fourth-order valence-electron chi connectivity index (χ4n) is 1.81. The first kappa shape index (κ1) is 15.8. The van der Waals surface area contributed by atoms with Crippen LogP contribution in [-0.4, -0.2) is 13.7 Å². The van der Waals surface area contributed by atoms with Crippen LogP contribution in [0.2, 0.25) is 5.02 Å². The first-order chi connectivity index (χ1) is 10.2. The summed E-state index contributed by atoms with van der Waals surface area (Å²) in [6.07, 6.45) is 0. The van der Waals surface area contributed by atoms with Crippen molar-refractivity contribution >= 4 is 23.4 Å². The fraction of sp³-hybridized carbons (Fsp3) is 0.176. The highest BCUT2D eigenvalue weighted by Crippen LogP contribution is 2.30. The summed E-state index contributed by atoms with van der Waals surface area (Å²) < 4.78 is 5.31. The van der Waals surface area contributed by atoms with Crippen LogP contribution in [0, 0.1) is 11.8 Å². The van der Waals surface area contributed by atoms with Gasteiger partial charge in [0.2, 0.25) is 0 Å². The molecule has 2 aromatic carbocycles. The average Bonchev–Trinajstić information content (AvgIpc) is 2.52. The Kier molecular flexibility index (Phi) is 6.01. The largest absolute Gasteiger partial charge is 0.495 e. The molecule has 0 radical (unpaired) electrons. The smallest absolute Gasteiger partial charge is 0.134 e. The summed E-state index contributed by atoms with van der Waals surface area (Å²) in [5.74, 6) is 7.49.